The second kappa shape index (κ2) is 15.4. The van der Waals surface area contributed by atoms with Crippen molar-refractivity contribution in [3.05, 3.63) is 0 Å². The molecule has 0 fully saturated rings. The molecule has 5 nitrogen and oxygen atoms in total. The Hall–Kier alpha value is 0.380. The van der Waals surface area contributed by atoms with Crippen molar-refractivity contribution >= 4 is 16.1 Å². The number of carbonyl (C=O) groups is 1. The van der Waals surface area contributed by atoms with Crippen LogP contribution in [-0.2, 0) is 14.9 Å². The van der Waals surface area contributed by atoms with Gasteiger partial charge in [-0.3, -0.25) is 4.55 Å². The molecule has 7 heteroatoms. The fourth-order valence-electron chi connectivity index (χ4n) is 3.09. The number of unbranched alkanes of at least 4 members (excludes halogenated alkanes) is 11. The average molecular weight is 387 g/mol. The normalized spacial score (nSPS) is 13.9. The first-order valence-corrected chi connectivity index (χ1v) is 10.9. The van der Waals surface area contributed by atoms with Gasteiger partial charge in [-0.1, -0.05) is 90.9 Å². The molecule has 0 aromatic carbocycles. The maximum Gasteiger partial charge on any atom is 1.00 e. The van der Waals surface area contributed by atoms with Gasteiger partial charge in [0.25, 0.3) is 10.1 Å². The summed E-state index contributed by atoms with van der Waals surface area (Å²) in [5.74, 6) is -1.70. The van der Waals surface area contributed by atoms with Crippen LogP contribution in [0.4, 0.5) is 0 Å². The molecule has 0 spiro atoms. The van der Waals surface area contributed by atoms with Crippen LogP contribution in [0.25, 0.3) is 0 Å². The molecule has 0 amide bonds. The number of hydrogen-bond acceptors (Lipinski definition) is 4. The molecular weight excluding hydrogens is 351 g/mol. The van der Waals surface area contributed by atoms with Crippen LogP contribution in [0.15, 0.2) is 0 Å². The van der Waals surface area contributed by atoms with Crippen LogP contribution in [-0.4, -0.2) is 23.7 Å². The molecule has 0 aliphatic carbocycles. The first-order valence-electron chi connectivity index (χ1n) is 9.50. The Morgan fingerprint density at radius 1 is 0.840 bits per heavy atom. The van der Waals surface area contributed by atoms with Crippen molar-refractivity contribution in [3.63, 3.8) is 0 Å². The van der Waals surface area contributed by atoms with E-state index in [1.54, 1.807) is 0 Å². The van der Waals surface area contributed by atoms with E-state index in [1.165, 1.54) is 58.3 Å². The van der Waals surface area contributed by atoms with Gasteiger partial charge < -0.3 is 9.90 Å². The van der Waals surface area contributed by atoms with Crippen LogP contribution in [0.2, 0.25) is 0 Å². The zero-order valence-corrected chi connectivity index (χ0v) is 19.2. The quantitative estimate of drug-likeness (QED) is 0.241. The zero-order chi connectivity index (χ0) is 18.5. The summed E-state index contributed by atoms with van der Waals surface area (Å²) in [6.45, 7) is 3.66. The Balaban J connectivity index is 0. The Morgan fingerprint density at radius 3 is 1.48 bits per heavy atom. The van der Waals surface area contributed by atoms with Gasteiger partial charge in [-0.2, -0.15) is 8.42 Å². The van der Waals surface area contributed by atoms with E-state index in [2.05, 4.69) is 6.92 Å². The maximum absolute atomic E-state index is 11.4. The molecule has 1 atom stereocenters. The van der Waals surface area contributed by atoms with Crippen molar-refractivity contribution in [1.82, 2.24) is 0 Å². The molecule has 0 aromatic heterocycles. The number of hydrogen-bond donors (Lipinski definition) is 1. The summed E-state index contributed by atoms with van der Waals surface area (Å²) in [5.41, 5.74) is 0. The third-order valence-corrected chi connectivity index (χ3v) is 6.52. The zero-order valence-electron chi connectivity index (χ0n) is 16.4. The summed E-state index contributed by atoms with van der Waals surface area (Å²) in [6.07, 6.45) is 13.3. The van der Waals surface area contributed by atoms with Crippen LogP contribution < -0.4 is 34.7 Å². The van der Waals surface area contributed by atoms with E-state index in [1.807, 2.05) is 0 Å². The minimum atomic E-state index is -4.65. The second-order valence-electron chi connectivity index (χ2n) is 6.75. The van der Waals surface area contributed by atoms with Crippen LogP contribution in [0, 0.1) is 0 Å². The molecule has 0 aliphatic heterocycles. The van der Waals surface area contributed by atoms with Gasteiger partial charge in [0, 0.05) is 0 Å². The molecule has 0 saturated heterocycles. The largest absolute Gasteiger partial charge is 1.00 e. The summed E-state index contributed by atoms with van der Waals surface area (Å²) < 4.78 is 29.9. The van der Waals surface area contributed by atoms with Crippen LogP contribution in [0.5, 0.6) is 0 Å². The minimum Gasteiger partial charge on any atom is -0.548 e. The molecule has 0 radical (unpaired) electrons. The molecule has 0 bridgehead atoms. The summed E-state index contributed by atoms with van der Waals surface area (Å²) in [4.78, 5) is 11.2. The SMILES string of the molecule is CCCCCCCCCCCCCCC(CC)(C(=O)[O-])S(=O)(=O)O.[Na+]. The van der Waals surface area contributed by atoms with Crippen LogP contribution >= 0.6 is 0 Å². The standard InChI is InChI=1S/C18H36O5S.Na/c1-3-5-6-7-8-9-10-11-12-13-14-15-16-18(4-2,17(19)20)24(21,22)23;/h3-16H2,1-2H3,(H,19,20)(H,21,22,23);/q;+1/p-1. The molecule has 0 rings (SSSR count). The maximum atomic E-state index is 11.4. The molecule has 25 heavy (non-hydrogen) atoms. The monoisotopic (exact) mass is 386 g/mol. The average Bonchev–Trinajstić information content (AvgIpc) is 2.50. The fourth-order valence-corrected chi connectivity index (χ4v) is 4.07. The Labute approximate surface area is 176 Å². The predicted molar refractivity (Wildman–Crippen MR) is 95.3 cm³/mol. The molecule has 0 saturated carbocycles. The van der Waals surface area contributed by atoms with Crippen molar-refractivity contribution in [1.29, 1.82) is 0 Å². The molecule has 0 heterocycles. The molecule has 0 aromatic rings. The van der Waals surface area contributed by atoms with Gasteiger partial charge in [0.1, 0.15) is 4.75 Å². The van der Waals surface area contributed by atoms with Crippen molar-refractivity contribution in [2.24, 2.45) is 0 Å². The van der Waals surface area contributed by atoms with Gasteiger partial charge in [0.15, 0.2) is 0 Å². The number of carbonyl (C=O) groups excluding carboxylic acids is 1. The molecule has 1 unspecified atom stereocenters. The van der Waals surface area contributed by atoms with E-state index in [4.69, 9.17) is 0 Å². The van der Waals surface area contributed by atoms with E-state index < -0.39 is 20.8 Å². The fraction of sp³-hybridized carbons (Fsp3) is 0.944. The number of aliphatic carboxylic acids is 1. The number of rotatable bonds is 16. The Kier molecular flexibility index (Phi) is 17.0. The van der Waals surface area contributed by atoms with E-state index >= 15 is 0 Å². The smallest absolute Gasteiger partial charge is 0.548 e. The third kappa shape index (κ3) is 11.0. The topological polar surface area (TPSA) is 94.5 Å². The van der Waals surface area contributed by atoms with Crippen molar-refractivity contribution in [2.75, 3.05) is 0 Å². The molecule has 1 N–H and O–H groups in total. The van der Waals surface area contributed by atoms with Crippen molar-refractivity contribution in [3.8, 4) is 0 Å². The predicted octanol–water partition coefficient (Wildman–Crippen LogP) is 0.868. The van der Waals surface area contributed by atoms with Gasteiger partial charge >= 0.3 is 29.6 Å². The van der Waals surface area contributed by atoms with E-state index in [9.17, 15) is 22.9 Å². The van der Waals surface area contributed by atoms with Gasteiger partial charge in [-0.15, -0.1) is 0 Å². The van der Waals surface area contributed by atoms with Gasteiger partial charge in [-0.25, -0.2) is 0 Å². The van der Waals surface area contributed by atoms with Gasteiger partial charge in [0.2, 0.25) is 0 Å². The summed E-state index contributed by atoms with van der Waals surface area (Å²) in [7, 11) is -4.65. The van der Waals surface area contributed by atoms with E-state index in [0.717, 1.165) is 19.3 Å². The third-order valence-electron chi connectivity index (χ3n) is 4.87. The van der Waals surface area contributed by atoms with E-state index in [-0.39, 0.29) is 42.4 Å². The Bertz CT molecular complexity index is 439. The summed E-state index contributed by atoms with van der Waals surface area (Å²) in [5, 5.41) is 11.2. The van der Waals surface area contributed by atoms with Gasteiger partial charge in [-0.05, 0) is 12.8 Å². The minimum absolute atomic E-state index is 0. The Morgan fingerprint density at radius 2 is 1.20 bits per heavy atom. The van der Waals surface area contributed by atoms with Crippen molar-refractivity contribution < 1.29 is 52.4 Å². The molecular formula is C18H35NaO5S. The summed E-state index contributed by atoms with van der Waals surface area (Å²) >= 11 is 0. The van der Waals surface area contributed by atoms with Gasteiger partial charge in [0.05, 0.1) is 5.97 Å². The van der Waals surface area contributed by atoms with Crippen molar-refractivity contribution in [2.45, 2.75) is 108 Å². The summed E-state index contributed by atoms with van der Waals surface area (Å²) in [6, 6.07) is 0. The first-order chi connectivity index (χ1) is 11.3. The van der Waals surface area contributed by atoms with Crippen LogP contribution in [0.1, 0.15) is 104 Å². The molecule has 0 aliphatic rings. The number of carboxylic acids is 1. The number of carboxylic acid groups (broad SMARTS) is 1. The first kappa shape index (κ1) is 27.6. The van der Waals surface area contributed by atoms with E-state index in [0.29, 0.717) is 6.42 Å². The second-order valence-corrected chi connectivity index (χ2v) is 8.48. The van der Waals surface area contributed by atoms with Crippen LogP contribution in [0.3, 0.4) is 0 Å². The molecule has 144 valence electrons.